The molecule has 0 spiro atoms. The Morgan fingerprint density at radius 1 is 1.12 bits per heavy atom. The standard InChI is InChI=1S/C17H20Cl2O5/c1-4-7-23-15(21)17(5-2,6-3)16(22)24-14-11(10-20)8-12(18)9-13(14)19/h8-10H,4-7H2,1-3H3. The second-order valence-corrected chi connectivity index (χ2v) is 6.08. The molecule has 1 aromatic carbocycles. The summed E-state index contributed by atoms with van der Waals surface area (Å²) < 4.78 is 10.4. The maximum atomic E-state index is 12.7. The van der Waals surface area contributed by atoms with E-state index in [0.717, 1.165) is 0 Å². The zero-order valence-corrected chi connectivity index (χ0v) is 15.4. The number of esters is 2. The van der Waals surface area contributed by atoms with Gasteiger partial charge in [0.2, 0.25) is 0 Å². The summed E-state index contributed by atoms with van der Waals surface area (Å²) in [4.78, 5) is 36.2. The predicted molar refractivity (Wildman–Crippen MR) is 91.7 cm³/mol. The van der Waals surface area contributed by atoms with Crippen LogP contribution in [-0.4, -0.2) is 24.8 Å². The first-order valence-corrected chi connectivity index (χ1v) is 8.45. The molecule has 0 aliphatic rings. The van der Waals surface area contributed by atoms with Gasteiger partial charge in [-0.2, -0.15) is 0 Å². The number of benzene rings is 1. The van der Waals surface area contributed by atoms with Gasteiger partial charge in [0, 0.05) is 5.02 Å². The number of hydrogen-bond acceptors (Lipinski definition) is 5. The zero-order valence-electron chi connectivity index (χ0n) is 13.9. The first-order chi connectivity index (χ1) is 11.4. The first-order valence-electron chi connectivity index (χ1n) is 7.69. The topological polar surface area (TPSA) is 69.7 Å². The maximum absolute atomic E-state index is 12.7. The minimum atomic E-state index is -1.45. The lowest BCUT2D eigenvalue weighted by Gasteiger charge is -2.27. The van der Waals surface area contributed by atoms with Gasteiger partial charge in [-0.3, -0.25) is 14.4 Å². The predicted octanol–water partition coefficient (Wildman–Crippen LogP) is 4.47. The lowest BCUT2D eigenvalue weighted by atomic mass is 9.82. The van der Waals surface area contributed by atoms with Crippen molar-refractivity contribution < 1.29 is 23.9 Å². The lowest BCUT2D eigenvalue weighted by molar-refractivity contribution is -0.168. The van der Waals surface area contributed by atoms with Crippen molar-refractivity contribution in [1.82, 2.24) is 0 Å². The molecule has 0 aliphatic heterocycles. The second kappa shape index (κ2) is 9.04. The van der Waals surface area contributed by atoms with Crippen LogP contribution < -0.4 is 4.74 Å². The number of halogens is 2. The molecule has 0 aromatic heterocycles. The van der Waals surface area contributed by atoms with Gasteiger partial charge in [0.15, 0.2) is 17.5 Å². The molecule has 0 radical (unpaired) electrons. The van der Waals surface area contributed by atoms with Crippen molar-refractivity contribution in [2.45, 2.75) is 40.0 Å². The van der Waals surface area contributed by atoms with Crippen LogP contribution in [0.5, 0.6) is 5.75 Å². The Bertz CT molecular complexity index is 624. The molecule has 1 aromatic rings. The summed E-state index contributed by atoms with van der Waals surface area (Å²) in [6.07, 6.45) is 1.52. The SMILES string of the molecule is CCCOC(=O)C(CC)(CC)C(=O)Oc1c(Cl)cc(Cl)cc1C=O. The molecule has 0 unspecified atom stereocenters. The molecular formula is C17H20Cl2O5. The Kier molecular flexibility index (Phi) is 7.70. The largest absolute Gasteiger partial charge is 0.465 e. The number of hydrogen-bond donors (Lipinski definition) is 0. The molecule has 24 heavy (non-hydrogen) atoms. The number of ether oxygens (including phenoxy) is 2. The van der Waals surface area contributed by atoms with Gasteiger partial charge >= 0.3 is 11.9 Å². The molecule has 5 nitrogen and oxygen atoms in total. The van der Waals surface area contributed by atoms with Crippen molar-refractivity contribution >= 4 is 41.4 Å². The molecule has 0 bridgehead atoms. The van der Waals surface area contributed by atoms with E-state index >= 15 is 0 Å². The van der Waals surface area contributed by atoms with Crippen molar-refractivity contribution in [2.24, 2.45) is 5.41 Å². The number of aldehydes is 1. The molecule has 0 amide bonds. The molecule has 0 heterocycles. The highest BCUT2D eigenvalue weighted by atomic mass is 35.5. The summed E-state index contributed by atoms with van der Waals surface area (Å²) in [6, 6.07) is 2.69. The second-order valence-electron chi connectivity index (χ2n) is 5.24. The Labute approximate surface area is 151 Å². The number of carbonyl (C=O) groups is 3. The van der Waals surface area contributed by atoms with Gasteiger partial charge in [0.1, 0.15) is 0 Å². The van der Waals surface area contributed by atoms with Gasteiger partial charge < -0.3 is 9.47 Å². The van der Waals surface area contributed by atoms with Crippen molar-refractivity contribution in [2.75, 3.05) is 6.61 Å². The van der Waals surface area contributed by atoms with E-state index in [4.69, 9.17) is 32.7 Å². The monoisotopic (exact) mass is 374 g/mol. The molecule has 7 heteroatoms. The highest BCUT2D eigenvalue weighted by Crippen LogP contribution is 2.36. The molecule has 0 saturated heterocycles. The van der Waals surface area contributed by atoms with Crippen LogP contribution in [-0.2, 0) is 14.3 Å². The van der Waals surface area contributed by atoms with E-state index < -0.39 is 17.4 Å². The van der Waals surface area contributed by atoms with Crippen LogP contribution >= 0.6 is 23.2 Å². The van der Waals surface area contributed by atoms with E-state index in [-0.39, 0.29) is 40.8 Å². The van der Waals surface area contributed by atoms with Crippen molar-refractivity contribution in [1.29, 1.82) is 0 Å². The molecule has 1 rings (SSSR count). The van der Waals surface area contributed by atoms with Gasteiger partial charge in [0.05, 0.1) is 17.2 Å². The maximum Gasteiger partial charge on any atom is 0.328 e. The van der Waals surface area contributed by atoms with Crippen molar-refractivity contribution in [3.05, 3.63) is 27.7 Å². The highest BCUT2D eigenvalue weighted by Gasteiger charge is 2.46. The third-order valence-electron chi connectivity index (χ3n) is 3.78. The minimum absolute atomic E-state index is 0.0148. The summed E-state index contributed by atoms with van der Waals surface area (Å²) in [7, 11) is 0. The molecule has 0 fully saturated rings. The Balaban J connectivity index is 3.19. The van der Waals surface area contributed by atoms with Gasteiger partial charge in [-0.15, -0.1) is 0 Å². The van der Waals surface area contributed by atoms with E-state index in [2.05, 4.69) is 0 Å². The van der Waals surface area contributed by atoms with Crippen LogP contribution in [0.25, 0.3) is 0 Å². The molecule has 0 atom stereocenters. The fourth-order valence-electron chi connectivity index (χ4n) is 2.21. The number of carbonyl (C=O) groups excluding carboxylic acids is 3. The van der Waals surface area contributed by atoms with E-state index in [1.54, 1.807) is 13.8 Å². The molecule has 0 saturated carbocycles. The van der Waals surface area contributed by atoms with E-state index in [1.165, 1.54) is 12.1 Å². The van der Waals surface area contributed by atoms with E-state index in [1.807, 2.05) is 6.92 Å². The Morgan fingerprint density at radius 2 is 1.75 bits per heavy atom. The Hall–Kier alpha value is -1.59. The van der Waals surface area contributed by atoms with Crippen LogP contribution in [0.4, 0.5) is 0 Å². The third-order valence-corrected chi connectivity index (χ3v) is 4.28. The van der Waals surface area contributed by atoms with Crippen LogP contribution in [0.2, 0.25) is 10.0 Å². The van der Waals surface area contributed by atoms with Crippen LogP contribution in [0.3, 0.4) is 0 Å². The zero-order chi connectivity index (χ0) is 18.3. The smallest absolute Gasteiger partial charge is 0.328 e. The fourth-order valence-corrected chi connectivity index (χ4v) is 2.76. The summed E-state index contributed by atoms with van der Waals surface area (Å²) in [6.45, 7) is 5.47. The van der Waals surface area contributed by atoms with Gasteiger partial charge in [-0.1, -0.05) is 44.0 Å². The van der Waals surface area contributed by atoms with Gasteiger partial charge in [0.25, 0.3) is 0 Å². The van der Waals surface area contributed by atoms with Crippen LogP contribution in [0.15, 0.2) is 12.1 Å². The molecule has 0 aliphatic carbocycles. The van der Waals surface area contributed by atoms with Crippen LogP contribution in [0.1, 0.15) is 50.4 Å². The minimum Gasteiger partial charge on any atom is -0.465 e. The lowest BCUT2D eigenvalue weighted by Crippen LogP contribution is -2.42. The summed E-state index contributed by atoms with van der Waals surface area (Å²) in [5.41, 5.74) is -1.41. The highest BCUT2D eigenvalue weighted by molar-refractivity contribution is 6.36. The summed E-state index contributed by atoms with van der Waals surface area (Å²) >= 11 is 11.9. The van der Waals surface area contributed by atoms with Gasteiger partial charge in [-0.05, 0) is 31.4 Å². The fraction of sp³-hybridized carbons (Fsp3) is 0.471. The molecule has 132 valence electrons. The average molecular weight is 375 g/mol. The van der Waals surface area contributed by atoms with E-state index in [0.29, 0.717) is 12.7 Å². The third kappa shape index (κ3) is 4.28. The van der Waals surface area contributed by atoms with Crippen molar-refractivity contribution in [3.8, 4) is 5.75 Å². The average Bonchev–Trinajstić information content (AvgIpc) is 2.56. The van der Waals surface area contributed by atoms with Crippen LogP contribution in [0, 0.1) is 5.41 Å². The molecular weight excluding hydrogens is 355 g/mol. The van der Waals surface area contributed by atoms with Gasteiger partial charge in [-0.25, -0.2) is 0 Å². The summed E-state index contributed by atoms with van der Waals surface area (Å²) in [5.74, 6) is -1.56. The van der Waals surface area contributed by atoms with Crippen molar-refractivity contribution in [3.63, 3.8) is 0 Å². The first kappa shape index (κ1) is 20.5. The quantitative estimate of drug-likeness (QED) is 0.290. The summed E-state index contributed by atoms with van der Waals surface area (Å²) in [5, 5.41) is 0.252. The normalized spacial score (nSPS) is 11.0. The Morgan fingerprint density at radius 3 is 2.25 bits per heavy atom. The number of rotatable bonds is 8. The molecule has 0 N–H and O–H groups in total. The van der Waals surface area contributed by atoms with E-state index in [9.17, 15) is 14.4 Å².